The van der Waals surface area contributed by atoms with E-state index in [0.717, 1.165) is 34.8 Å². The highest BCUT2D eigenvalue weighted by Crippen LogP contribution is 2.47. The quantitative estimate of drug-likeness (QED) is 0.794. The van der Waals surface area contributed by atoms with E-state index in [1.165, 1.54) is 25.7 Å². The molecule has 2 aliphatic rings. The number of H-pyrrole nitrogens is 1. The predicted molar refractivity (Wildman–Crippen MR) is 91.9 cm³/mol. The molecular formula is C19H25N3O. The van der Waals surface area contributed by atoms with Crippen LogP contribution in [0.2, 0.25) is 0 Å². The molecule has 4 N–H and O–H groups in total. The van der Waals surface area contributed by atoms with E-state index in [9.17, 15) is 4.79 Å². The summed E-state index contributed by atoms with van der Waals surface area (Å²) in [5, 5.41) is 4.25. The van der Waals surface area contributed by atoms with Crippen molar-refractivity contribution in [3.63, 3.8) is 0 Å². The van der Waals surface area contributed by atoms with Gasteiger partial charge in [0.15, 0.2) is 0 Å². The molecule has 1 heterocycles. The molecule has 4 rings (SSSR count). The first-order valence-electron chi connectivity index (χ1n) is 8.79. The van der Waals surface area contributed by atoms with Crippen molar-refractivity contribution >= 4 is 16.8 Å². The van der Waals surface area contributed by atoms with E-state index in [1.807, 2.05) is 24.4 Å². The maximum Gasteiger partial charge on any atom is 0.237 e. The standard InChI is InChI=1S/C19H25N3O/c20-17(9-15-11-21-18-4-2-1-3-16(15)18)19(23)22-10-14-8-12-5-6-13(14)7-12/h1-4,11-14,17,21H,5-10,20H2,(H,22,23)/t12?,13?,14?,17-/m0/s1. The van der Waals surface area contributed by atoms with E-state index < -0.39 is 6.04 Å². The van der Waals surface area contributed by atoms with Gasteiger partial charge in [0.2, 0.25) is 5.91 Å². The summed E-state index contributed by atoms with van der Waals surface area (Å²) in [6, 6.07) is 7.65. The van der Waals surface area contributed by atoms with Crippen molar-refractivity contribution in [1.29, 1.82) is 0 Å². The Bertz CT molecular complexity index is 707. The van der Waals surface area contributed by atoms with Gasteiger partial charge in [-0.05, 0) is 55.1 Å². The van der Waals surface area contributed by atoms with Crippen LogP contribution in [0.25, 0.3) is 10.9 Å². The lowest BCUT2D eigenvalue weighted by Gasteiger charge is -2.22. The average Bonchev–Trinajstić information content (AvgIpc) is 3.28. The molecule has 0 saturated heterocycles. The zero-order chi connectivity index (χ0) is 15.8. The summed E-state index contributed by atoms with van der Waals surface area (Å²) < 4.78 is 0. The van der Waals surface area contributed by atoms with E-state index in [2.05, 4.69) is 16.4 Å². The molecular weight excluding hydrogens is 286 g/mol. The minimum Gasteiger partial charge on any atom is -0.361 e. The van der Waals surface area contributed by atoms with Gasteiger partial charge >= 0.3 is 0 Å². The number of hydrogen-bond acceptors (Lipinski definition) is 2. The number of rotatable bonds is 5. The Morgan fingerprint density at radius 1 is 1.30 bits per heavy atom. The first-order valence-corrected chi connectivity index (χ1v) is 8.79. The van der Waals surface area contributed by atoms with Crippen LogP contribution in [0, 0.1) is 17.8 Å². The smallest absolute Gasteiger partial charge is 0.237 e. The Labute approximate surface area is 136 Å². The molecule has 1 amide bonds. The molecule has 1 aromatic heterocycles. The third kappa shape index (κ3) is 2.88. The van der Waals surface area contributed by atoms with Gasteiger partial charge in [-0.25, -0.2) is 0 Å². The second-order valence-corrected chi connectivity index (χ2v) is 7.35. The summed E-state index contributed by atoms with van der Waals surface area (Å²) >= 11 is 0. The Morgan fingerprint density at radius 3 is 2.96 bits per heavy atom. The SMILES string of the molecule is N[C@@H](Cc1c[nH]c2ccccc12)C(=O)NCC1CC2CCC1C2. The lowest BCUT2D eigenvalue weighted by atomic mass is 9.89. The third-order valence-electron chi connectivity index (χ3n) is 5.87. The van der Waals surface area contributed by atoms with E-state index >= 15 is 0 Å². The summed E-state index contributed by atoms with van der Waals surface area (Å²) in [4.78, 5) is 15.6. The summed E-state index contributed by atoms with van der Waals surface area (Å²) in [7, 11) is 0. The molecule has 2 fully saturated rings. The molecule has 23 heavy (non-hydrogen) atoms. The van der Waals surface area contributed by atoms with Crippen LogP contribution in [0.1, 0.15) is 31.2 Å². The van der Waals surface area contributed by atoms with Crippen LogP contribution < -0.4 is 11.1 Å². The topological polar surface area (TPSA) is 70.9 Å². The number of benzene rings is 1. The average molecular weight is 311 g/mol. The first kappa shape index (κ1) is 14.8. The van der Waals surface area contributed by atoms with Crippen LogP contribution in [-0.2, 0) is 11.2 Å². The Hall–Kier alpha value is -1.81. The van der Waals surface area contributed by atoms with E-state index in [-0.39, 0.29) is 5.91 Å². The summed E-state index contributed by atoms with van der Waals surface area (Å²) in [6.07, 6.45) is 7.96. The van der Waals surface area contributed by atoms with Crippen LogP contribution >= 0.6 is 0 Å². The number of amides is 1. The van der Waals surface area contributed by atoms with Gasteiger partial charge in [0.25, 0.3) is 0 Å². The fraction of sp³-hybridized carbons (Fsp3) is 0.526. The molecule has 0 spiro atoms. The summed E-state index contributed by atoms with van der Waals surface area (Å²) in [5.74, 6) is 2.42. The molecule has 2 aromatic rings. The predicted octanol–water partition coefficient (Wildman–Crippen LogP) is 2.59. The second-order valence-electron chi connectivity index (χ2n) is 7.35. The zero-order valence-electron chi connectivity index (χ0n) is 13.4. The number of carbonyl (C=O) groups excluding carboxylic acids is 1. The van der Waals surface area contributed by atoms with E-state index in [0.29, 0.717) is 12.3 Å². The number of nitrogens with one attached hydrogen (secondary N) is 2. The maximum atomic E-state index is 12.3. The zero-order valence-corrected chi connectivity index (χ0v) is 13.4. The molecule has 4 nitrogen and oxygen atoms in total. The lowest BCUT2D eigenvalue weighted by Crippen LogP contribution is -2.44. The molecule has 3 unspecified atom stereocenters. The highest BCUT2D eigenvalue weighted by atomic mass is 16.2. The second kappa shape index (κ2) is 6.00. The highest BCUT2D eigenvalue weighted by molar-refractivity contribution is 5.86. The molecule has 4 heteroatoms. The number of aromatic amines is 1. The van der Waals surface area contributed by atoms with Crippen molar-refractivity contribution < 1.29 is 4.79 Å². The van der Waals surface area contributed by atoms with Crippen LogP contribution in [0.3, 0.4) is 0 Å². The first-order chi connectivity index (χ1) is 11.2. The van der Waals surface area contributed by atoms with Gasteiger partial charge in [-0.15, -0.1) is 0 Å². The summed E-state index contributed by atoms with van der Waals surface area (Å²) in [5.41, 5.74) is 8.34. The Kier molecular flexibility index (Phi) is 3.85. The van der Waals surface area contributed by atoms with Gasteiger partial charge in [-0.2, -0.15) is 0 Å². The Balaban J connectivity index is 1.33. The minimum absolute atomic E-state index is 0.0157. The van der Waals surface area contributed by atoms with E-state index in [1.54, 1.807) is 0 Å². The lowest BCUT2D eigenvalue weighted by molar-refractivity contribution is -0.122. The van der Waals surface area contributed by atoms with Crippen molar-refractivity contribution in [2.45, 2.75) is 38.1 Å². The van der Waals surface area contributed by atoms with Crippen molar-refractivity contribution in [1.82, 2.24) is 10.3 Å². The molecule has 2 aliphatic carbocycles. The van der Waals surface area contributed by atoms with Crippen LogP contribution in [-0.4, -0.2) is 23.5 Å². The molecule has 0 radical (unpaired) electrons. The molecule has 4 atom stereocenters. The van der Waals surface area contributed by atoms with Gasteiger partial charge in [0, 0.05) is 23.6 Å². The molecule has 2 saturated carbocycles. The minimum atomic E-state index is -0.479. The Morgan fingerprint density at radius 2 is 2.17 bits per heavy atom. The van der Waals surface area contributed by atoms with Gasteiger partial charge in [-0.3, -0.25) is 4.79 Å². The highest BCUT2D eigenvalue weighted by Gasteiger charge is 2.39. The maximum absolute atomic E-state index is 12.3. The number of aromatic nitrogens is 1. The van der Waals surface area contributed by atoms with Crippen molar-refractivity contribution in [2.24, 2.45) is 23.5 Å². The fourth-order valence-electron chi connectivity index (χ4n) is 4.62. The van der Waals surface area contributed by atoms with Crippen LogP contribution in [0.15, 0.2) is 30.5 Å². The monoisotopic (exact) mass is 311 g/mol. The largest absolute Gasteiger partial charge is 0.361 e. The number of fused-ring (bicyclic) bond motifs is 3. The van der Waals surface area contributed by atoms with Gasteiger partial charge in [0.1, 0.15) is 0 Å². The number of para-hydroxylation sites is 1. The third-order valence-corrected chi connectivity index (χ3v) is 5.87. The number of carbonyl (C=O) groups is 1. The van der Waals surface area contributed by atoms with Crippen LogP contribution in [0.4, 0.5) is 0 Å². The van der Waals surface area contributed by atoms with Crippen molar-refractivity contribution in [2.75, 3.05) is 6.54 Å². The van der Waals surface area contributed by atoms with Gasteiger partial charge < -0.3 is 16.0 Å². The molecule has 0 aliphatic heterocycles. The summed E-state index contributed by atoms with van der Waals surface area (Å²) in [6.45, 7) is 0.807. The normalized spacial score (nSPS) is 27.4. The number of hydrogen-bond donors (Lipinski definition) is 3. The van der Waals surface area contributed by atoms with E-state index in [4.69, 9.17) is 5.73 Å². The van der Waals surface area contributed by atoms with Gasteiger partial charge in [-0.1, -0.05) is 24.6 Å². The molecule has 122 valence electrons. The fourth-order valence-corrected chi connectivity index (χ4v) is 4.62. The number of nitrogens with two attached hydrogens (primary N) is 1. The van der Waals surface area contributed by atoms with Gasteiger partial charge in [0.05, 0.1) is 6.04 Å². The van der Waals surface area contributed by atoms with Crippen molar-refractivity contribution in [3.8, 4) is 0 Å². The van der Waals surface area contributed by atoms with Crippen molar-refractivity contribution in [3.05, 3.63) is 36.0 Å². The molecule has 2 bridgehead atoms. The molecule has 1 aromatic carbocycles. The van der Waals surface area contributed by atoms with Crippen LogP contribution in [0.5, 0.6) is 0 Å².